The Balaban J connectivity index is 1.74. The van der Waals surface area contributed by atoms with Crippen LogP contribution in [0.25, 0.3) is 0 Å². The summed E-state index contributed by atoms with van der Waals surface area (Å²) in [5.41, 5.74) is 3.53. The van der Waals surface area contributed by atoms with Gasteiger partial charge in [0, 0.05) is 23.8 Å². The van der Waals surface area contributed by atoms with Gasteiger partial charge in [0.2, 0.25) is 0 Å². The van der Waals surface area contributed by atoms with Gasteiger partial charge in [-0.05, 0) is 48.4 Å². The number of anilines is 1. The van der Waals surface area contributed by atoms with Crippen molar-refractivity contribution in [3.8, 4) is 0 Å². The number of aryl methyl sites for hydroxylation is 1. The van der Waals surface area contributed by atoms with Crippen molar-refractivity contribution in [2.24, 2.45) is 5.41 Å². The Morgan fingerprint density at radius 3 is 2.94 bits per heavy atom. The van der Waals surface area contributed by atoms with E-state index in [9.17, 15) is 4.79 Å². The summed E-state index contributed by atoms with van der Waals surface area (Å²) < 4.78 is 0. The first-order valence-corrected chi connectivity index (χ1v) is 6.74. The van der Waals surface area contributed by atoms with E-state index in [2.05, 4.69) is 24.5 Å². The fourth-order valence-corrected chi connectivity index (χ4v) is 2.57. The van der Waals surface area contributed by atoms with Crippen LogP contribution in [0.2, 0.25) is 0 Å². The minimum atomic E-state index is 0.0685. The predicted molar refractivity (Wildman–Crippen MR) is 72.9 cm³/mol. The minimum Gasteiger partial charge on any atom is -0.385 e. The average Bonchev–Trinajstić information content (AvgIpc) is 2.95. The number of rotatable bonds is 2. The molecule has 0 spiro atoms. The van der Waals surface area contributed by atoms with E-state index in [1.165, 1.54) is 11.3 Å². The molecule has 1 aliphatic carbocycles. The van der Waals surface area contributed by atoms with Crippen LogP contribution >= 0.6 is 0 Å². The number of amides is 1. The van der Waals surface area contributed by atoms with Crippen molar-refractivity contribution in [2.45, 2.75) is 39.2 Å². The highest BCUT2D eigenvalue weighted by atomic mass is 16.1. The van der Waals surface area contributed by atoms with E-state index in [0.29, 0.717) is 6.04 Å². The monoisotopic (exact) mass is 244 g/mol. The first kappa shape index (κ1) is 11.6. The lowest BCUT2D eigenvalue weighted by Crippen LogP contribution is -2.28. The van der Waals surface area contributed by atoms with Crippen LogP contribution in [-0.2, 0) is 6.42 Å². The molecular weight excluding hydrogens is 224 g/mol. The first-order valence-electron chi connectivity index (χ1n) is 6.74. The number of carbonyl (C=O) groups excluding carboxylic acids is 1. The quantitative estimate of drug-likeness (QED) is 0.839. The number of benzene rings is 1. The number of fused-ring (bicyclic) bond motifs is 1. The SMILES string of the molecule is CC1(C)CC1NC(=O)c1ccc2c(c1)CCCN2. The van der Waals surface area contributed by atoms with Gasteiger partial charge in [-0.3, -0.25) is 4.79 Å². The summed E-state index contributed by atoms with van der Waals surface area (Å²) in [6.45, 7) is 5.41. The molecule has 0 radical (unpaired) electrons. The fraction of sp³-hybridized carbons (Fsp3) is 0.533. The molecule has 1 aromatic rings. The molecule has 1 amide bonds. The third-order valence-electron chi connectivity index (χ3n) is 4.12. The Labute approximate surface area is 108 Å². The van der Waals surface area contributed by atoms with Crippen LogP contribution < -0.4 is 10.6 Å². The number of hydrogen-bond acceptors (Lipinski definition) is 2. The maximum Gasteiger partial charge on any atom is 0.251 e. The van der Waals surface area contributed by atoms with E-state index in [1.807, 2.05) is 18.2 Å². The van der Waals surface area contributed by atoms with Crippen molar-refractivity contribution in [1.82, 2.24) is 5.32 Å². The number of carbonyl (C=O) groups is 1. The summed E-state index contributed by atoms with van der Waals surface area (Å²) >= 11 is 0. The normalized spacial score (nSPS) is 23.8. The molecule has 3 heteroatoms. The molecule has 3 rings (SSSR count). The molecule has 2 aliphatic rings. The molecule has 0 saturated heterocycles. The molecule has 1 aromatic carbocycles. The second kappa shape index (κ2) is 4.01. The Bertz CT molecular complexity index is 493. The first-order chi connectivity index (χ1) is 8.56. The Morgan fingerprint density at radius 1 is 1.44 bits per heavy atom. The zero-order valence-electron chi connectivity index (χ0n) is 11.0. The van der Waals surface area contributed by atoms with E-state index in [-0.39, 0.29) is 11.3 Å². The second-order valence-electron chi connectivity index (χ2n) is 6.12. The van der Waals surface area contributed by atoms with Gasteiger partial charge >= 0.3 is 0 Å². The van der Waals surface area contributed by atoms with Gasteiger partial charge in [0.1, 0.15) is 0 Å². The van der Waals surface area contributed by atoms with Crippen LogP contribution in [0.15, 0.2) is 18.2 Å². The molecule has 1 atom stereocenters. The van der Waals surface area contributed by atoms with Crippen molar-refractivity contribution in [1.29, 1.82) is 0 Å². The Hall–Kier alpha value is -1.51. The van der Waals surface area contributed by atoms with Gasteiger partial charge in [-0.2, -0.15) is 0 Å². The standard InChI is InChI=1S/C15H20N2O/c1-15(2)9-13(15)17-14(18)11-5-6-12-10(8-11)4-3-7-16-12/h5-6,8,13,16H,3-4,7,9H2,1-2H3,(H,17,18). The molecular formula is C15H20N2O. The molecule has 0 bridgehead atoms. The summed E-state index contributed by atoms with van der Waals surface area (Å²) in [6.07, 6.45) is 3.30. The number of nitrogens with one attached hydrogen (secondary N) is 2. The maximum absolute atomic E-state index is 12.1. The van der Waals surface area contributed by atoms with E-state index in [4.69, 9.17) is 0 Å². The van der Waals surface area contributed by atoms with E-state index in [1.54, 1.807) is 0 Å². The lowest BCUT2D eigenvalue weighted by atomic mass is 10.0. The van der Waals surface area contributed by atoms with Crippen molar-refractivity contribution in [3.05, 3.63) is 29.3 Å². The lowest BCUT2D eigenvalue weighted by Gasteiger charge is -2.18. The topological polar surface area (TPSA) is 41.1 Å². The predicted octanol–water partition coefficient (Wildman–Crippen LogP) is 2.57. The number of hydrogen-bond donors (Lipinski definition) is 2. The summed E-state index contributed by atoms with van der Waals surface area (Å²) in [7, 11) is 0. The molecule has 2 N–H and O–H groups in total. The summed E-state index contributed by atoms with van der Waals surface area (Å²) in [5.74, 6) is 0.0685. The second-order valence-corrected chi connectivity index (χ2v) is 6.12. The molecule has 1 saturated carbocycles. The highest BCUT2D eigenvalue weighted by molar-refractivity contribution is 5.95. The molecule has 1 fully saturated rings. The minimum absolute atomic E-state index is 0.0685. The third-order valence-corrected chi connectivity index (χ3v) is 4.12. The van der Waals surface area contributed by atoms with Crippen molar-refractivity contribution >= 4 is 11.6 Å². The zero-order valence-corrected chi connectivity index (χ0v) is 11.0. The van der Waals surface area contributed by atoms with Gasteiger partial charge in [0.15, 0.2) is 0 Å². The van der Waals surface area contributed by atoms with Crippen LogP contribution in [0, 0.1) is 5.41 Å². The van der Waals surface area contributed by atoms with Gasteiger partial charge in [0.25, 0.3) is 5.91 Å². The van der Waals surface area contributed by atoms with E-state index in [0.717, 1.165) is 31.4 Å². The largest absolute Gasteiger partial charge is 0.385 e. The third kappa shape index (κ3) is 2.09. The molecule has 1 unspecified atom stereocenters. The van der Waals surface area contributed by atoms with Crippen molar-refractivity contribution < 1.29 is 4.79 Å². The average molecular weight is 244 g/mol. The van der Waals surface area contributed by atoms with Gasteiger partial charge in [0.05, 0.1) is 0 Å². The van der Waals surface area contributed by atoms with Crippen LogP contribution in [0.5, 0.6) is 0 Å². The van der Waals surface area contributed by atoms with Crippen LogP contribution in [0.3, 0.4) is 0 Å². The summed E-state index contributed by atoms with van der Waals surface area (Å²) in [6, 6.07) is 6.33. The molecule has 96 valence electrons. The smallest absolute Gasteiger partial charge is 0.251 e. The summed E-state index contributed by atoms with van der Waals surface area (Å²) in [5, 5.41) is 6.47. The molecule has 3 nitrogen and oxygen atoms in total. The zero-order chi connectivity index (χ0) is 12.8. The molecule has 0 aromatic heterocycles. The Morgan fingerprint density at radius 2 is 2.22 bits per heavy atom. The van der Waals surface area contributed by atoms with Gasteiger partial charge < -0.3 is 10.6 Å². The van der Waals surface area contributed by atoms with E-state index >= 15 is 0 Å². The van der Waals surface area contributed by atoms with E-state index < -0.39 is 0 Å². The van der Waals surface area contributed by atoms with Crippen LogP contribution in [-0.4, -0.2) is 18.5 Å². The van der Waals surface area contributed by atoms with Gasteiger partial charge in [-0.1, -0.05) is 13.8 Å². The highest BCUT2D eigenvalue weighted by Crippen LogP contribution is 2.44. The maximum atomic E-state index is 12.1. The fourth-order valence-electron chi connectivity index (χ4n) is 2.57. The van der Waals surface area contributed by atoms with Crippen molar-refractivity contribution in [2.75, 3.05) is 11.9 Å². The molecule has 1 heterocycles. The van der Waals surface area contributed by atoms with Gasteiger partial charge in [-0.25, -0.2) is 0 Å². The van der Waals surface area contributed by atoms with Gasteiger partial charge in [-0.15, -0.1) is 0 Å². The highest BCUT2D eigenvalue weighted by Gasteiger charge is 2.46. The summed E-state index contributed by atoms with van der Waals surface area (Å²) in [4.78, 5) is 12.1. The molecule has 1 aliphatic heterocycles. The van der Waals surface area contributed by atoms with Crippen LogP contribution in [0.4, 0.5) is 5.69 Å². The van der Waals surface area contributed by atoms with Crippen LogP contribution in [0.1, 0.15) is 42.6 Å². The molecule has 18 heavy (non-hydrogen) atoms. The van der Waals surface area contributed by atoms with Crippen molar-refractivity contribution in [3.63, 3.8) is 0 Å². The lowest BCUT2D eigenvalue weighted by molar-refractivity contribution is 0.0946. The Kier molecular flexibility index (Phi) is 2.58.